The number of epoxide rings is 1. The molecule has 3 unspecified atom stereocenters. The van der Waals surface area contributed by atoms with Gasteiger partial charge in [-0.2, -0.15) is 17.5 Å². The van der Waals surface area contributed by atoms with Gasteiger partial charge in [-0.1, -0.05) is 204 Å². The van der Waals surface area contributed by atoms with Gasteiger partial charge >= 0.3 is 5.97 Å². The summed E-state index contributed by atoms with van der Waals surface area (Å²) in [5.41, 5.74) is 26.9. The molecule has 524 valence electrons. The zero-order chi connectivity index (χ0) is 70.1. The van der Waals surface area contributed by atoms with Crippen LogP contribution in [0.15, 0.2) is 122 Å². The van der Waals surface area contributed by atoms with Crippen molar-refractivity contribution in [3.8, 4) is 41.8 Å². The number of benzene rings is 4. The summed E-state index contributed by atoms with van der Waals surface area (Å²) in [5.74, 6) is -0.413. The van der Waals surface area contributed by atoms with Crippen molar-refractivity contribution in [2.24, 2.45) is 0 Å². The fourth-order valence-corrected chi connectivity index (χ4v) is 29.2. The number of ether oxygens (including phenoxy) is 3. The van der Waals surface area contributed by atoms with Crippen molar-refractivity contribution in [1.29, 1.82) is 0 Å². The van der Waals surface area contributed by atoms with Crippen LogP contribution in [-0.4, -0.2) is 65.5 Å². The Morgan fingerprint density at radius 1 is 0.515 bits per heavy atom. The fourth-order valence-electron chi connectivity index (χ4n) is 16.1. The van der Waals surface area contributed by atoms with E-state index in [4.69, 9.17) is 31.7 Å². The van der Waals surface area contributed by atoms with Gasteiger partial charge in [0.05, 0.1) is 52.8 Å². The highest BCUT2D eigenvalue weighted by Crippen LogP contribution is 2.55. The minimum atomic E-state index is -1.76. The van der Waals surface area contributed by atoms with Crippen molar-refractivity contribution >= 4 is 146 Å². The number of hydrogen-bond donors (Lipinski definition) is 0. The Morgan fingerprint density at radius 2 is 0.921 bits per heavy atom. The summed E-state index contributed by atoms with van der Waals surface area (Å²) in [5, 5.41) is 3.22. The van der Waals surface area contributed by atoms with Gasteiger partial charge in [0.15, 0.2) is 0 Å². The Balaban J connectivity index is 0.000000172. The van der Waals surface area contributed by atoms with Crippen LogP contribution in [0, 0.1) is 27.7 Å². The van der Waals surface area contributed by atoms with Gasteiger partial charge in [-0.15, -0.1) is 45.3 Å². The largest absolute Gasteiger partial charge is 0.458 e. The van der Waals surface area contributed by atoms with Crippen molar-refractivity contribution in [3.05, 3.63) is 186 Å². The van der Waals surface area contributed by atoms with Gasteiger partial charge in [-0.3, -0.25) is 0 Å². The number of esters is 1. The van der Waals surface area contributed by atoms with Gasteiger partial charge in [0, 0.05) is 79.5 Å². The van der Waals surface area contributed by atoms with Gasteiger partial charge < -0.3 is 14.2 Å². The van der Waals surface area contributed by atoms with Crippen LogP contribution in [0.3, 0.4) is 0 Å². The first-order valence-electron chi connectivity index (χ1n) is 37.0. The maximum absolute atomic E-state index is 12.2. The van der Waals surface area contributed by atoms with Gasteiger partial charge in [0.25, 0.3) is 0 Å². The lowest BCUT2D eigenvalue weighted by Gasteiger charge is -2.30. The molecule has 8 nitrogen and oxygen atoms in total. The Kier molecular flexibility index (Phi) is 22.2. The molecule has 0 saturated carbocycles. The third kappa shape index (κ3) is 15.1. The highest BCUT2D eigenvalue weighted by molar-refractivity contribution is 7.18. The number of unbranched alkanes of at least 4 members (excludes halogenated alkanes) is 9. The number of aromatic nitrogens is 4. The Hall–Kier alpha value is -6.16. The summed E-state index contributed by atoms with van der Waals surface area (Å²) < 4.78 is 36.1. The van der Waals surface area contributed by atoms with Crippen molar-refractivity contribution in [3.63, 3.8) is 0 Å². The molecular formula is C85H96N4O4S6Si2. The molecule has 0 amide bonds. The number of carbonyl (C=O) groups is 1. The topological polar surface area (TPSA) is 99.6 Å². The first-order valence-corrected chi connectivity index (χ1v) is 47.9. The molecule has 0 spiro atoms. The number of nitrogens with zero attached hydrogens (tertiary/aromatic N) is 4. The third-order valence-corrected chi connectivity index (χ3v) is 36.1. The van der Waals surface area contributed by atoms with Gasteiger partial charge in [0.1, 0.15) is 34.8 Å². The molecule has 1 saturated heterocycles. The molecule has 1 fully saturated rings. The van der Waals surface area contributed by atoms with E-state index in [1.165, 1.54) is 202 Å². The van der Waals surface area contributed by atoms with Crippen LogP contribution in [0.1, 0.15) is 168 Å². The van der Waals surface area contributed by atoms with Crippen LogP contribution in [0.2, 0.25) is 37.3 Å². The van der Waals surface area contributed by atoms with Gasteiger partial charge in [0.2, 0.25) is 0 Å². The summed E-state index contributed by atoms with van der Waals surface area (Å²) in [4.78, 5) is 22.8. The molecule has 2 aliphatic carbocycles. The first-order chi connectivity index (χ1) is 49.0. The number of allylic oxidation sites excluding steroid dienone is 8. The van der Waals surface area contributed by atoms with Crippen molar-refractivity contribution in [1.82, 2.24) is 17.5 Å². The van der Waals surface area contributed by atoms with Crippen LogP contribution < -0.4 is 10.4 Å². The third-order valence-electron chi connectivity index (χ3n) is 22.1. The second-order valence-corrected chi connectivity index (χ2v) is 44.9. The lowest BCUT2D eigenvalue weighted by atomic mass is 9.90. The van der Waals surface area contributed by atoms with Crippen LogP contribution in [0.5, 0.6) is 0 Å². The van der Waals surface area contributed by atoms with Crippen molar-refractivity contribution in [2.45, 2.75) is 201 Å². The van der Waals surface area contributed by atoms with Gasteiger partial charge in [-0.25, -0.2) is 4.79 Å². The smallest absolute Gasteiger partial charge is 0.330 e. The minimum absolute atomic E-state index is 0.201. The minimum Gasteiger partial charge on any atom is -0.458 e. The SMILES string of the molecule is C=CC(=O)OCc1cc(-c2ccc(-c3cc(CCCCCCOCC4CO4)c(C)s3)c3nsnc23)sc1C1=CC=C2c3ccc(C)cc3[Si](C)(C)C2C1.CCCCCCc1cc(-c2ccc(-c3cc(CCCCCC)c(C4=CC=C5c6ccc(C)cc6[Si](C)(C)C5C4)s3)c3nsnc23)sc1C. The van der Waals surface area contributed by atoms with Crippen molar-refractivity contribution < 1.29 is 19.0 Å². The van der Waals surface area contributed by atoms with Crippen LogP contribution in [0.4, 0.5) is 0 Å². The maximum Gasteiger partial charge on any atom is 0.330 e. The van der Waals surface area contributed by atoms with E-state index >= 15 is 0 Å². The number of carbonyl (C=O) groups excluding carboxylic acids is 1. The molecule has 10 aromatic rings. The standard InChI is InChI=1S/C43H46N2O4S3Si.C42H50N2S3Si/c1-6-40(46)49-23-30-21-37(51-43(30)29-13-15-33-32-14-12-26(2)19-38(32)53(4,5)39(33)22-29)35-17-16-34(41-42(35)45-52-44-41)36-20-28(27(3)50-36)11-9-7-8-10-18-47-24-31-25-48-31;1-7-9-11-13-15-29-24-36(45-28(29)4)34-21-22-35(41-40(34)43-47-44-41)37-25-30(16-14-12-10-8-2)42(46-37)31-18-20-33-32-19-17-27(3)23-38(32)48(5,6)39(33)26-31/h6,12-17,19-21,31,39H,1,7-11,18,22-25H2,2-5H3;17-25,39H,7-16,26H2,1-6H3. The van der Waals surface area contributed by atoms with Crippen LogP contribution >= 0.6 is 68.8 Å². The molecule has 6 aromatic heterocycles. The molecule has 9 heterocycles. The highest BCUT2D eigenvalue weighted by atomic mass is 32.1. The molecule has 0 bridgehead atoms. The van der Waals surface area contributed by atoms with E-state index in [-0.39, 0.29) is 6.61 Å². The second-order valence-electron chi connectivity index (χ2n) is 29.9. The monoisotopic (exact) mass is 1480 g/mol. The lowest BCUT2D eigenvalue weighted by molar-refractivity contribution is -0.138. The lowest BCUT2D eigenvalue weighted by Crippen LogP contribution is -2.42. The first kappa shape index (κ1) is 71.8. The van der Waals surface area contributed by atoms with Crippen LogP contribution in [-0.2, 0) is 44.9 Å². The highest BCUT2D eigenvalue weighted by Gasteiger charge is 2.47. The molecule has 0 radical (unpaired) electrons. The molecule has 3 aliphatic heterocycles. The molecule has 101 heavy (non-hydrogen) atoms. The Morgan fingerprint density at radius 3 is 1.38 bits per heavy atom. The Bertz CT molecular complexity index is 4860. The molecule has 5 aliphatic rings. The predicted molar refractivity (Wildman–Crippen MR) is 441 cm³/mol. The normalized spacial score (nSPS) is 17.6. The average Bonchev–Trinajstić information content (AvgIpc) is 1.59. The summed E-state index contributed by atoms with van der Waals surface area (Å²) in [6, 6.07) is 32.8. The molecular weight excluding hydrogens is 1390 g/mol. The number of rotatable bonds is 28. The average molecular weight is 1490 g/mol. The zero-order valence-corrected chi connectivity index (χ0v) is 67.5. The second kappa shape index (κ2) is 31.3. The molecule has 15 rings (SSSR count). The van der Waals surface area contributed by atoms with E-state index in [1.807, 2.05) is 34.0 Å². The molecule has 16 heteroatoms. The van der Waals surface area contributed by atoms with E-state index in [9.17, 15) is 4.79 Å². The zero-order valence-electron chi connectivity index (χ0n) is 60.6. The number of fused-ring (bicyclic) bond motifs is 8. The number of aryl methyl sites for hydroxylation is 7. The number of hydrogen-bond acceptors (Lipinski definition) is 14. The fraction of sp³-hybridized carbons (Fsp3) is 0.400. The number of thiophene rings is 4. The summed E-state index contributed by atoms with van der Waals surface area (Å²) in [6.07, 6.45) is 31.8. The maximum atomic E-state index is 12.2. The van der Waals surface area contributed by atoms with E-state index in [0.29, 0.717) is 17.2 Å². The predicted octanol–water partition coefficient (Wildman–Crippen LogP) is 23.9. The Labute approximate surface area is 625 Å². The molecule has 0 N–H and O–H groups in total. The van der Waals surface area contributed by atoms with Gasteiger partial charge in [-0.05, 0) is 171 Å². The molecule has 4 aromatic carbocycles. The van der Waals surface area contributed by atoms with Crippen LogP contribution in [0.25, 0.3) is 86.1 Å². The summed E-state index contributed by atoms with van der Waals surface area (Å²) in [6.45, 7) is 30.0. The quantitative estimate of drug-likeness (QED) is 0.0157. The van der Waals surface area contributed by atoms with E-state index in [2.05, 4.69) is 184 Å². The molecule has 3 atom stereocenters. The van der Waals surface area contributed by atoms with E-state index < -0.39 is 22.1 Å². The summed E-state index contributed by atoms with van der Waals surface area (Å²) >= 11 is 10.2. The summed E-state index contributed by atoms with van der Waals surface area (Å²) in [7, 11) is -3.40. The van der Waals surface area contributed by atoms with E-state index in [1.54, 1.807) is 32.9 Å². The van der Waals surface area contributed by atoms with Crippen molar-refractivity contribution in [2.75, 3.05) is 19.8 Å². The van der Waals surface area contributed by atoms with E-state index in [0.717, 1.165) is 95.6 Å².